The quantitative estimate of drug-likeness (QED) is 0.396. The number of hydrogen-bond donors (Lipinski definition) is 0. The van der Waals surface area contributed by atoms with Gasteiger partial charge in [-0.15, -0.1) is 0 Å². The van der Waals surface area contributed by atoms with Crippen LogP contribution in [0, 0.1) is 20.8 Å². The van der Waals surface area contributed by atoms with E-state index in [1.807, 2.05) is 29.2 Å². The lowest BCUT2D eigenvalue weighted by atomic mass is 9.99. The van der Waals surface area contributed by atoms with E-state index in [2.05, 4.69) is 74.2 Å². The normalized spacial score (nSPS) is 14.5. The average molecular weight is 450 g/mol. The van der Waals surface area contributed by atoms with Crippen LogP contribution in [0.3, 0.4) is 0 Å². The largest absolute Gasteiger partial charge is 0.336 e. The molecule has 1 aliphatic heterocycles. The lowest BCUT2D eigenvalue weighted by Gasteiger charge is -2.35. The number of piperazine rings is 1. The van der Waals surface area contributed by atoms with Crippen LogP contribution in [0.15, 0.2) is 72.8 Å². The Morgan fingerprint density at radius 3 is 2.29 bits per heavy atom. The van der Waals surface area contributed by atoms with Gasteiger partial charge in [-0.3, -0.25) is 9.69 Å². The third-order valence-electron chi connectivity index (χ3n) is 6.98. The summed E-state index contributed by atoms with van der Waals surface area (Å²) in [4.78, 5) is 23.2. The van der Waals surface area contributed by atoms with Crippen LogP contribution in [0.5, 0.6) is 0 Å². The molecule has 1 saturated heterocycles. The molecule has 1 amide bonds. The van der Waals surface area contributed by atoms with Crippen LogP contribution >= 0.6 is 0 Å². The summed E-state index contributed by atoms with van der Waals surface area (Å²) >= 11 is 0. The van der Waals surface area contributed by atoms with Crippen LogP contribution in [0.1, 0.15) is 32.6 Å². The Morgan fingerprint density at radius 1 is 0.794 bits per heavy atom. The van der Waals surface area contributed by atoms with Gasteiger partial charge < -0.3 is 4.90 Å². The van der Waals surface area contributed by atoms with Crippen molar-refractivity contribution in [1.82, 2.24) is 14.8 Å². The molecule has 4 aromatic rings. The monoisotopic (exact) mass is 449 g/mol. The maximum Gasteiger partial charge on any atom is 0.254 e. The van der Waals surface area contributed by atoms with Crippen molar-refractivity contribution in [2.24, 2.45) is 0 Å². The molecular formula is C30H31N3O. The fraction of sp³-hybridized carbons (Fsp3) is 0.267. The number of rotatable bonds is 4. The predicted octanol–water partition coefficient (Wildman–Crippen LogP) is 5.79. The summed E-state index contributed by atoms with van der Waals surface area (Å²) in [6, 6.07) is 25.0. The Morgan fingerprint density at radius 2 is 1.56 bits per heavy atom. The van der Waals surface area contributed by atoms with Gasteiger partial charge in [-0.1, -0.05) is 60.7 Å². The van der Waals surface area contributed by atoms with Crippen molar-refractivity contribution in [1.29, 1.82) is 0 Å². The number of amides is 1. The summed E-state index contributed by atoms with van der Waals surface area (Å²) in [5, 5.41) is 0.935. The molecule has 0 unspecified atom stereocenters. The molecule has 0 atom stereocenters. The Hall–Kier alpha value is -3.50. The molecule has 3 aromatic carbocycles. The van der Waals surface area contributed by atoms with Crippen LogP contribution in [0.25, 0.3) is 22.2 Å². The Bertz CT molecular complexity index is 1340. The maximum atomic E-state index is 13.8. The summed E-state index contributed by atoms with van der Waals surface area (Å²) in [6.07, 6.45) is 0. The summed E-state index contributed by atoms with van der Waals surface area (Å²) in [6.45, 7) is 10.5. The van der Waals surface area contributed by atoms with Gasteiger partial charge in [0.05, 0.1) is 16.8 Å². The van der Waals surface area contributed by atoms with Crippen molar-refractivity contribution in [3.05, 3.63) is 101 Å². The van der Waals surface area contributed by atoms with Crippen molar-refractivity contribution in [2.45, 2.75) is 27.3 Å². The summed E-state index contributed by atoms with van der Waals surface area (Å²) in [5.74, 6) is 0.0995. The molecule has 172 valence electrons. The fourth-order valence-corrected chi connectivity index (χ4v) is 4.74. The van der Waals surface area contributed by atoms with Gasteiger partial charge in [0.25, 0.3) is 5.91 Å². The molecular weight excluding hydrogens is 418 g/mol. The minimum absolute atomic E-state index is 0.0995. The number of para-hydroxylation sites is 1. The highest BCUT2D eigenvalue weighted by Crippen LogP contribution is 2.29. The van der Waals surface area contributed by atoms with Crippen molar-refractivity contribution >= 4 is 16.8 Å². The van der Waals surface area contributed by atoms with E-state index in [9.17, 15) is 4.79 Å². The summed E-state index contributed by atoms with van der Waals surface area (Å²) < 4.78 is 0. The number of pyridine rings is 1. The molecule has 4 heteroatoms. The SMILES string of the molecule is Cc1ccc(-c2cc(C(=O)N3CCN(Cc4ccccc4)CC3)c3cccc(C)c3n2)cc1C. The molecule has 1 fully saturated rings. The number of fused-ring (bicyclic) bond motifs is 1. The molecule has 1 aromatic heterocycles. The fourth-order valence-electron chi connectivity index (χ4n) is 4.74. The van der Waals surface area contributed by atoms with Crippen molar-refractivity contribution in [3.63, 3.8) is 0 Å². The first kappa shape index (κ1) is 22.3. The smallest absolute Gasteiger partial charge is 0.254 e. The molecule has 4 nitrogen and oxygen atoms in total. The van der Waals surface area contributed by atoms with Gasteiger partial charge in [0.2, 0.25) is 0 Å². The first-order valence-electron chi connectivity index (χ1n) is 12.0. The molecule has 0 saturated carbocycles. The second kappa shape index (κ2) is 9.40. The predicted molar refractivity (Wildman–Crippen MR) is 139 cm³/mol. The third-order valence-corrected chi connectivity index (χ3v) is 6.98. The van der Waals surface area contributed by atoms with Gasteiger partial charge in [-0.2, -0.15) is 0 Å². The zero-order valence-electron chi connectivity index (χ0n) is 20.2. The van der Waals surface area contributed by atoms with E-state index in [1.54, 1.807) is 0 Å². The number of hydrogen-bond acceptors (Lipinski definition) is 3. The molecule has 0 spiro atoms. The highest BCUT2D eigenvalue weighted by molar-refractivity contribution is 6.07. The van der Waals surface area contributed by atoms with E-state index in [4.69, 9.17) is 4.98 Å². The van der Waals surface area contributed by atoms with Gasteiger partial charge in [-0.05, 0) is 55.2 Å². The van der Waals surface area contributed by atoms with Crippen LogP contribution in [0.4, 0.5) is 0 Å². The number of nitrogens with zero attached hydrogens (tertiary/aromatic N) is 3. The highest BCUT2D eigenvalue weighted by Gasteiger charge is 2.24. The van der Waals surface area contributed by atoms with Gasteiger partial charge >= 0.3 is 0 Å². The lowest BCUT2D eigenvalue weighted by Crippen LogP contribution is -2.48. The average Bonchev–Trinajstić information content (AvgIpc) is 2.86. The van der Waals surface area contributed by atoms with Crippen LogP contribution in [0.2, 0.25) is 0 Å². The molecule has 0 aliphatic carbocycles. The summed E-state index contributed by atoms with van der Waals surface area (Å²) in [7, 11) is 0. The lowest BCUT2D eigenvalue weighted by molar-refractivity contribution is 0.0630. The van der Waals surface area contributed by atoms with Crippen molar-refractivity contribution in [2.75, 3.05) is 26.2 Å². The van der Waals surface area contributed by atoms with Crippen molar-refractivity contribution < 1.29 is 4.79 Å². The van der Waals surface area contributed by atoms with E-state index in [-0.39, 0.29) is 5.91 Å². The van der Waals surface area contributed by atoms with Crippen LogP contribution in [-0.4, -0.2) is 46.9 Å². The molecule has 1 aliphatic rings. The topological polar surface area (TPSA) is 36.4 Å². The number of carbonyl (C=O) groups excluding carboxylic acids is 1. The van der Waals surface area contributed by atoms with Crippen molar-refractivity contribution in [3.8, 4) is 11.3 Å². The summed E-state index contributed by atoms with van der Waals surface area (Å²) in [5.41, 5.74) is 8.45. The minimum atomic E-state index is 0.0995. The van der Waals surface area contributed by atoms with E-state index in [1.165, 1.54) is 16.7 Å². The standard InChI is InChI=1S/C30H31N3O/c1-21-12-13-25(18-23(21)3)28-19-27(26-11-7-8-22(2)29(26)31-28)30(34)33-16-14-32(15-17-33)20-24-9-5-4-6-10-24/h4-13,18-19H,14-17,20H2,1-3H3. The van der Waals surface area contributed by atoms with Gasteiger partial charge in [0.1, 0.15) is 0 Å². The molecule has 5 rings (SSSR count). The van der Waals surface area contributed by atoms with Crippen LogP contribution < -0.4 is 0 Å². The first-order valence-corrected chi connectivity index (χ1v) is 12.0. The zero-order valence-corrected chi connectivity index (χ0v) is 20.2. The molecule has 0 N–H and O–H groups in total. The third kappa shape index (κ3) is 4.46. The molecule has 0 radical (unpaired) electrons. The Kier molecular flexibility index (Phi) is 6.16. The second-order valence-electron chi connectivity index (χ2n) is 9.38. The van der Waals surface area contributed by atoms with Gasteiger partial charge in [0.15, 0.2) is 0 Å². The van der Waals surface area contributed by atoms with E-state index in [0.717, 1.165) is 66.0 Å². The Labute approximate surface area is 201 Å². The Balaban J connectivity index is 1.44. The first-order chi connectivity index (χ1) is 16.5. The highest BCUT2D eigenvalue weighted by atomic mass is 16.2. The number of carbonyl (C=O) groups is 1. The van der Waals surface area contributed by atoms with Crippen LogP contribution in [-0.2, 0) is 6.54 Å². The van der Waals surface area contributed by atoms with E-state index in [0.29, 0.717) is 0 Å². The minimum Gasteiger partial charge on any atom is -0.336 e. The molecule has 34 heavy (non-hydrogen) atoms. The number of aryl methyl sites for hydroxylation is 3. The number of aromatic nitrogens is 1. The van der Waals surface area contributed by atoms with Gasteiger partial charge in [-0.25, -0.2) is 4.98 Å². The zero-order chi connectivity index (χ0) is 23.7. The van der Waals surface area contributed by atoms with E-state index >= 15 is 0 Å². The molecule has 2 heterocycles. The number of benzene rings is 3. The maximum absolute atomic E-state index is 13.8. The van der Waals surface area contributed by atoms with E-state index < -0.39 is 0 Å². The van der Waals surface area contributed by atoms with Gasteiger partial charge in [0, 0.05) is 43.7 Å². The second-order valence-corrected chi connectivity index (χ2v) is 9.38. The molecule has 0 bridgehead atoms.